The monoisotopic (exact) mass is 914 g/mol. The highest BCUT2D eigenvalue weighted by molar-refractivity contribution is 5.70. The minimum absolute atomic E-state index is 0.145. The molecule has 0 N–H and O–H groups in total. The van der Waals surface area contributed by atoms with Gasteiger partial charge in [0.15, 0.2) is 12.4 Å². The Kier molecular flexibility index (Phi) is 45.3. The predicted molar refractivity (Wildman–Crippen MR) is 269 cm³/mol. The van der Waals surface area contributed by atoms with E-state index < -0.39 is 24.3 Å². The van der Waals surface area contributed by atoms with E-state index >= 15 is 0 Å². The number of carbonyl (C=O) groups is 3. The zero-order valence-corrected chi connectivity index (χ0v) is 42.6. The highest BCUT2D eigenvalue weighted by atomic mass is 16.7. The zero-order chi connectivity index (χ0) is 47.7. The van der Waals surface area contributed by atoms with Crippen molar-refractivity contribution in [3.8, 4) is 0 Å². The van der Waals surface area contributed by atoms with Gasteiger partial charge in [-0.1, -0.05) is 190 Å². The van der Waals surface area contributed by atoms with Gasteiger partial charge in [-0.25, -0.2) is 0 Å². The molecular weight excluding hydrogens is 815 g/mol. The lowest BCUT2D eigenvalue weighted by Gasteiger charge is -2.26. The summed E-state index contributed by atoms with van der Waals surface area (Å²) in [6, 6.07) is 0. The summed E-state index contributed by atoms with van der Waals surface area (Å²) in [5, 5.41) is 11.7. The fourth-order valence-electron chi connectivity index (χ4n) is 7.17. The van der Waals surface area contributed by atoms with E-state index in [-0.39, 0.29) is 38.6 Å². The third-order valence-electron chi connectivity index (χ3n) is 11.2. The molecule has 0 aliphatic heterocycles. The van der Waals surface area contributed by atoms with E-state index in [1.165, 1.54) is 103 Å². The fourth-order valence-corrected chi connectivity index (χ4v) is 7.17. The summed E-state index contributed by atoms with van der Waals surface area (Å²) < 4.78 is 22.6. The first-order chi connectivity index (χ1) is 31.6. The van der Waals surface area contributed by atoms with Gasteiger partial charge in [0, 0.05) is 12.8 Å². The molecule has 9 nitrogen and oxygen atoms in total. The maximum absolute atomic E-state index is 12.8. The number of carboxylic acid groups (broad SMARTS) is 1. The van der Waals surface area contributed by atoms with Crippen molar-refractivity contribution in [1.29, 1.82) is 0 Å². The Balaban J connectivity index is 4.29. The Morgan fingerprint density at radius 3 is 1.32 bits per heavy atom. The second kappa shape index (κ2) is 47.5. The number of likely N-dealkylation sites (N-methyl/N-ethyl adjacent to an activating group) is 1. The normalized spacial score (nSPS) is 13.3. The SMILES string of the molecule is CC/C=C\C/C=C\C/C=C\C/C=C\CCCCCCCCCCCCCCC(=O)OC(COC(=O)CCCCCCC/C=C\CCCCCCCC)COC(OCC[N+](C)(C)C)C(=O)[O-]. The van der Waals surface area contributed by atoms with Gasteiger partial charge < -0.3 is 33.3 Å². The highest BCUT2D eigenvalue weighted by Crippen LogP contribution is 2.15. The van der Waals surface area contributed by atoms with Gasteiger partial charge in [0.25, 0.3) is 0 Å². The molecule has 2 unspecified atom stereocenters. The summed E-state index contributed by atoms with van der Waals surface area (Å²) in [6.07, 6.45) is 55.4. The van der Waals surface area contributed by atoms with Crippen LogP contribution in [0.3, 0.4) is 0 Å². The van der Waals surface area contributed by atoms with Crippen LogP contribution in [0.2, 0.25) is 0 Å². The van der Waals surface area contributed by atoms with Crippen LogP contribution in [-0.4, -0.2) is 82.3 Å². The lowest BCUT2D eigenvalue weighted by atomic mass is 10.0. The fraction of sp³-hybridized carbons (Fsp3) is 0.768. The number of rotatable bonds is 48. The van der Waals surface area contributed by atoms with Crippen molar-refractivity contribution in [2.75, 3.05) is 47.5 Å². The smallest absolute Gasteiger partial charge is 0.306 e. The second-order valence-corrected chi connectivity index (χ2v) is 18.8. The molecule has 0 bridgehead atoms. The van der Waals surface area contributed by atoms with E-state index in [1.54, 1.807) is 0 Å². The average molecular weight is 914 g/mol. The quantitative estimate of drug-likeness (QED) is 0.0195. The van der Waals surface area contributed by atoms with Crippen molar-refractivity contribution in [2.24, 2.45) is 0 Å². The van der Waals surface area contributed by atoms with Crippen LogP contribution >= 0.6 is 0 Å². The van der Waals surface area contributed by atoms with Gasteiger partial charge in [0.2, 0.25) is 0 Å². The lowest BCUT2D eigenvalue weighted by molar-refractivity contribution is -0.870. The number of unbranched alkanes of at least 4 members (excludes halogenated alkanes) is 23. The van der Waals surface area contributed by atoms with Gasteiger partial charge in [-0.2, -0.15) is 0 Å². The van der Waals surface area contributed by atoms with Crippen molar-refractivity contribution < 1.29 is 42.9 Å². The summed E-state index contributed by atoms with van der Waals surface area (Å²) in [5.74, 6) is -2.30. The maximum atomic E-state index is 12.8. The topological polar surface area (TPSA) is 111 Å². The van der Waals surface area contributed by atoms with Crippen molar-refractivity contribution in [2.45, 2.75) is 232 Å². The standard InChI is InChI=1S/C56H99NO8/c1-6-8-10-12-14-16-18-20-22-23-24-25-26-27-28-29-30-31-33-35-37-39-41-43-45-47-54(59)65-52(51-64-56(55(60)61)62-49-48-57(3,4)5)50-63-53(58)46-44-42-40-38-36-34-32-21-19-17-15-13-11-9-7-2/h8,10,14,16,20-22,24-25,32,52,56H,6-7,9,11-13,15,17-19,23,26-31,33-51H2,1-5H3/b10-8-,16-14-,22-20-,25-24-,32-21-. The number of ether oxygens (including phenoxy) is 4. The van der Waals surface area contributed by atoms with Gasteiger partial charge in [-0.05, 0) is 77.0 Å². The molecule has 9 heteroatoms. The van der Waals surface area contributed by atoms with Crippen molar-refractivity contribution in [3.63, 3.8) is 0 Å². The molecule has 0 heterocycles. The Labute approximate surface area is 399 Å². The minimum atomic E-state index is -1.62. The molecule has 0 fully saturated rings. The molecule has 0 aliphatic rings. The van der Waals surface area contributed by atoms with Crippen LogP contribution < -0.4 is 5.11 Å². The van der Waals surface area contributed by atoms with Gasteiger partial charge in [0.05, 0.1) is 40.3 Å². The average Bonchev–Trinajstić information content (AvgIpc) is 3.27. The maximum Gasteiger partial charge on any atom is 0.306 e. The summed E-state index contributed by atoms with van der Waals surface area (Å²) in [4.78, 5) is 37.2. The molecule has 2 atom stereocenters. The largest absolute Gasteiger partial charge is 0.545 e. The molecule has 0 spiro atoms. The van der Waals surface area contributed by atoms with E-state index in [1.807, 2.05) is 21.1 Å². The first-order valence-electron chi connectivity index (χ1n) is 26.4. The van der Waals surface area contributed by atoms with Crippen LogP contribution in [0.5, 0.6) is 0 Å². The second-order valence-electron chi connectivity index (χ2n) is 18.8. The van der Waals surface area contributed by atoms with Crippen LogP contribution in [0.25, 0.3) is 0 Å². The van der Waals surface area contributed by atoms with Crippen LogP contribution in [-0.2, 0) is 33.3 Å². The van der Waals surface area contributed by atoms with Gasteiger partial charge in [-0.3, -0.25) is 9.59 Å². The molecule has 0 radical (unpaired) electrons. The number of carbonyl (C=O) groups excluding carboxylic acids is 3. The first-order valence-corrected chi connectivity index (χ1v) is 26.4. The zero-order valence-electron chi connectivity index (χ0n) is 42.6. The van der Waals surface area contributed by atoms with Crippen LogP contribution in [0.1, 0.15) is 219 Å². The lowest BCUT2D eigenvalue weighted by Crippen LogP contribution is -2.44. The molecule has 0 rings (SSSR count). The number of esters is 2. The van der Waals surface area contributed by atoms with Crippen molar-refractivity contribution in [3.05, 3.63) is 60.8 Å². The van der Waals surface area contributed by atoms with Crippen molar-refractivity contribution >= 4 is 17.9 Å². The Hall–Kier alpha value is -3.01. The Bertz CT molecular complexity index is 1250. The molecule has 376 valence electrons. The third kappa shape index (κ3) is 48.7. The van der Waals surface area contributed by atoms with Crippen LogP contribution in [0, 0.1) is 0 Å². The number of aliphatic carboxylic acids is 1. The molecule has 0 aromatic rings. The van der Waals surface area contributed by atoms with E-state index in [9.17, 15) is 19.5 Å². The summed E-state index contributed by atoms with van der Waals surface area (Å²) in [7, 11) is 5.91. The number of allylic oxidation sites excluding steroid dienone is 10. The first kappa shape index (κ1) is 62.0. The molecule has 0 aliphatic carbocycles. The van der Waals surface area contributed by atoms with E-state index in [4.69, 9.17) is 18.9 Å². The number of quaternary nitrogens is 1. The molecule has 0 saturated carbocycles. The number of hydrogen-bond donors (Lipinski definition) is 0. The molecular formula is C56H99NO8. The number of nitrogens with zero attached hydrogens (tertiary/aromatic N) is 1. The van der Waals surface area contributed by atoms with Gasteiger partial charge in [0.1, 0.15) is 13.2 Å². The molecule has 0 amide bonds. The van der Waals surface area contributed by atoms with Crippen LogP contribution in [0.15, 0.2) is 60.8 Å². The Morgan fingerprint density at radius 2 is 0.877 bits per heavy atom. The van der Waals surface area contributed by atoms with E-state index in [2.05, 4.69) is 74.6 Å². The molecule has 65 heavy (non-hydrogen) atoms. The summed E-state index contributed by atoms with van der Waals surface area (Å²) >= 11 is 0. The number of hydrogen-bond acceptors (Lipinski definition) is 8. The van der Waals surface area contributed by atoms with Crippen LogP contribution in [0.4, 0.5) is 0 Å². The Morgan fingerprint density at radius 1 is 0.477 bits per heavy atom. The molecule has 0 saturated heterocycles. The van der Waals surface area contributed by atoms with Crippen molar-refractivity contribution in [1.82, 2.24) is 0 Å². The predicted octanol–water partition coefficient (Wildman–Crippen LogP) is 13.6. The summed E-state index contributed by atoms with van der Waals surface area (Å²) in [6.45, 7) is 4.62. The van der Waals surface area contributed by atoms with Gasteiger partial charge >= 0.3 is 11.9 Å². The summed E-state index contributed by atoms with van der Waals surface area (Å²) in [5.41, 5.74) is 0. The minimum Gasteiger partial charge on any atom is -0.545 e. The molecule has 0 aromatic carbocycles. The van der Waals surface area contributed by atoms with E-state index in [0.717, 1.165) is 83.5 Å². The number of carboxylic acids is 1. The van der Waals surface area contributed by atoms with E-state index in [0.29, 0.717) is 17.4 Å². The molecule has 0 aromatic heterocycles. The third-order valence-corrected chi connectivity index (χ3v) is 11.2. The van der Waals surface area contributed by atoms with Gasteiger partial charge in [-0.15, -0.1) is 0 Å². The highest BCUT2D eigenvalue weighted by Gasteiger charge is 2.22.